The summed E-state index contributed by atoms with van der Waals surface area (Å²) in [5.74, 6) is 1.44. The van der Waals surface area contributed by atoms with E-state index in [1.807, 2.05) is 32.0 Å². The standard InChI is InChI=1S/C23H31NO4/c1-7-27-21-9-8-19(23(25)24-17(4)13-26-6)12-20(21)14-28-22-11-15(2)10-16(3)18(22)5/h8-12,17H,7,13-14H2,1-6H3,(H,24,25). The molecule has 2 aromatic carbocycles. The minimum Gasteiger partial charge on any atom is -0.493 e. The van der Waals surface area contributed by atoms with Crippen molar-refractivity contribution in [3.05, 3.63) is 58.1 Å². The van der Waals surface area contributed by atoms with E-state index in [9.17, 15) is 4.79 Å². The van der Waals surface area contributed by atoms with Crippen LogP contribution in [0, 0.1) is 20.8 Å². The molecule has 1 amide bonds. The molecular weight excluding hydrogens is 354 g/mol. The number of carbonyl (C=O) groups is 1. The number of amides is 1. The lowest BCUT2D eigenvalue weighted by molar-refractivity contribution is 0.0905. The van der Waals surface area contributed by atoms with Crippen LogP contribution < -0.4 is 14.8 Å². The zero-order valence-corrected chi connectivity index (χ0v) is 17.7. The van der Waals surface area contributed by atoms with Crippen molar-refractivity contribution in [3.63, 3.8) is 0 Å². The van der Waals surface area contributed by atoms with Crippen LogP contribution in [-0.4, -0.2) is 32.3 Å². The lowest BCUT2D eigenvalue weighted by Crippen LogP contribution is -2.35. The van der Waals surface area contributed by atoms with Crippen molar-refractivity contribution in [3.8, 4) is 11.5 Å². The average Bonchev–Trinajstić information content (AvgIpc) is 2.64. The van der Waals surface area contributed by atoms with Crippen LogP contribution in [0.4, 0.5) is 0 Å². The van der Waals surface area contributed by atoms with Crippen LogP contribution >= 0.6 is 0 Å². The third-order valence-electron chi connectivity index (χ3n) is 4.56. The van der Waals surface area contributed by atoms with Gasteiger partial charge in [-0.1, -0.05) is 6.07 Å². The Labute approximate surface area is 168 Å². The number of benzene rings is 2. The normalized spacial score (nSPS) is 11.8. The zero-order valence-electron chi connectivity index (χ0n) is 17.7. The molecule has 152 valence electrons. The summed E-state index contributed by atoms with van der Waals surface area (Å²) in [7, 11) is 1.62. The number of hydrogen-bond acceptors (Lipinski definition) is 4. The third kappa shape index (κ3) is 5.73. The molecule has 0 saturated heterocycles. The first kappa shape index (κ1) is 21.8. The number of carbonyl (C=O) groups excluding carboxylic acids is 1. The Morgan fingerprint density at radius 2 is 1.82 bits per heavy atom. The van der Waals surface area contributed by atoms with E-state index in [-0.39, 0.29) is 11.9 Å². The molecular formula is C23H31NO4. The van der Waals surface area contributed by atoms with Gasteiger partial charge in [-0.05, 0) is 75.6 Å². The van der Waals surface area contributed by atoms with Crippen molar-refractivity contribution in [1.82, 2.24) is 5.32 Å². The van der Waals surface area contributed by atoms with Crippen LogP contribution in [-0.2, 0) is 11.3 Å². The van der Waals surface area contributed by atoms with Gasteiger partial charge in [0.2, 0.25) is 0 Å². The summed E-state index contributed by atoms with van der Waals surface area (Å²) < 4.78 is 16.9. The molecule has 0 aromatic heterocycles. The molecule has 0 aliphatic heterocycles. The quantitative estimate of drug-likeness (QED) is 0.697. The molecule has 0 bridgehead atoms. The second kappa shape index (κ2) is 10.1. The van der Waals surface area contributed by atoms with Crippen molar-refractivity contribution in [2.24, 2.45) is 0 Å². The van der Waals surface area contributed by atoms with E-state index in [2.05, 4.69) is 32.2 Å². The smallest absolute Gasteiger partial charge is 0.251 e. The molecule has 1 atom stereocenters. The van der Waals surface area contributed by atoms with E-state index >= 15 is 0 Å². The second-order valence-corrected chi connectivity index (χ2v) is 7.08. The van der Waals surface area contributed by atoms with Crippen molar-refractivity contribution < 1.29 is 19.0 Å². The maximum atomic E-state index is 12.5. The minimum absolute atomic E-state index is 0.0679. The molecule has 1 unspecified atom stereocenters. The lowest BCUT2D eigenvalue weighted by Gasteiger charge is -2.17. The summed E-state index contributed by atoms with van der Waals surface area (Å²) >= 11 is 0. The maximum Gasteiger partial charge on any atom is 0.251 e. The highest BCUT2D eigenvalue weighted by molar-refractivity contribution is 5.94. The van der Waals surface area contributed by atoms with Crippen LogP contribution in [0.1, 0.15) is 46.5 Å². The number of aryl methyl sites for hydroxylation is 2. The van der Waals surface area contributed by atoms with E-state index < -0.39 is 0 Å². The van der Waals surface area contributed by atoms with Crippen LogP contribution in [0.3, 0.4) is 0 Å². The topological polar surface area (TPSA) is 56.8 Å². The second-order valence-electron chi connectivity index (χ2n) is 7.08. The Morgan fingerprint density at radius 3 is 2.50 bits per heavy atom. The Balaban J connectivity index is 2.22. The maximum absolute atomic E-state index is 12.5. The predicted octanol–water partition coefficient (Wildman–Crippen LogP) is 4.35. The van der Waals surface area contributed by atoms with Gasteiger partial charge in [-0.2, -0.15) is 0 Å². The molecule has 0 spiro atoms. The van der Waals surface area contributed by atoms with Crippen molar-refractivity contribution in [2.75, 3.05) is 20.3 Å². The van der Waals surface area contributed by atoms with Gasteiger partial charge < -0.3 is 19.5 Å². The van der Waals surface area contributed by atoms with Gasteiger partial charge >= 0.3 is 0 Å². The molecule has 5 nitrogen and oxygen atoms in total. The van der Waals surface area contributed by atoms with E-state index in [0.717, 1.165) is 28.2 Å². The highest BCUT2D eigenvalue weighted by Crippen LogP contribution is 2.27. The first-order valence-corrected chi connectivity index (χ1v) is 9.61. The van der Waals surface area contributed by atoms with Gasteiger partial charge in [0.05, 0.1) is 13.2 Å². The van der Waals surface area contributed by atoms with Gasteiger partial charge in [0.15, 0.2) is 0 Å². The molecule has 2 rings (SSSR count). The fraction of sp³-hybridized carbons (Fsp3) is 0.435. The highest BCUT2D eigenvalue weighted by Gasteiger charge is 2.14. The largest absolute Gasteiger partial charge is 0.493 e. The predicted molar refractivity (Wildman–Crippen MR) is 111 cm³/mol. The third-order valence-corrected chi connectivity index (χ3v) is 4.56. The van der Waals surface area contributed by atoms with Crippen LogP contribution in [0.5, 0.6) is 11.5 Å². The van der Waals surface area contributed by atoms with E-state index in [0.29, 0.717) is 25.4 Å². The Morgan fingerprint density at radius 1 is 1.07 bits per heavy atom. The van der Waals surface area contributed by atoms with Gasteiger partial charge in [0, 0.05) is 24.3 Å². The van der Waals surface area contributed by atoms with Crippen molar-refractivity contribution in [2.45, 2.75) is 47.3 Å². The van der Waals surface area contributed by atoms with E-state index in [1.165, 1.54) is 5.56 Å². The number of methoxy groups -OCH3 is 1. The Bertz CT molecular complexity index is 816. The summed E-state index contributed by atoms with van der Waals surface area (Å²) in [5, 5.41) is 2.93. The molecule has 0 radical (unpaired) electrons. The SMILES string of the molecule is CCOc1ccc(C(=O)NC(C)COC)cc1COc1cc(C)cc(C)c1C. The molecule has 28 heavy (non-hydrogen) atoms. The molecule has 0 aliphatic carbocycles. The van der Waals surface area contributed by atoms with Gasteiger partial charge in [-0.15, -0.1) is 0 Å². The number of hydrogen-bond donors (Lipinski definition) is 1. The fourth-order valence-corrected chi connectivity index (χ4v) is 3.03. The summed E-state index contributed by atoms with van der Waals surface area (Å²) in [5.41, 5.74) is 4.88. The molecule has 5 heteroatoms. The summed E-state index contributed by atoms with van der Waals surface area (Å²) in [6.45, 7) is 11.4. The Hall–Kier alpha value is -2.53. The number of nitrogens with one attached hydrogen (secondary N) is 1. The molecule has 0 aliphatic rings. The zero-order chi connectivity index (χ0) is 20.7. The summed E-state index contributed by atoms with van der Waals surface area (Å²) in [6, 6.07) is 9.53. The molecule has 2 aromatic rings. The van der Waals surface area contributed by atoms with Gasteiger partial charge in [-0.25, -0.2) is 0 Å². The van der Waals surface area contributed by atoms with Crippen molar-refractivity contribution in [1.29, 1.82) is 0 Å². The first-order chi connectivity index (χ1) is 13.3. The molecule has 1 N–H and O–H groups in total. The van der Waals surface area contributed by atoms with Crippen molar-refractivity contribution >= 4 is 5.91 Å². The van der Waals surface area contributed by atoms with Crippen LogP contribution in [0.15, 0.2) is 30.3 Å². The van der Waals surface area contributed by atoms with Gasteiger partial charge in [0.1, 0.15) is 18.1 Å². The average molecular weight is 386 g/mol. The number of rotatable bonds is 9. The van der Waals surface area contributed by atoms with E-state index in [1.54, 1.807) is 13.2 Å². The van der Waals surface area contributed by atoms with Crippen LogP contribution in [0.25, 0.3) is 0 Å². The lowest BCUT2D eigenvalue weighted by atomic mass is 10.1. The first-order valence-electron chi connectivity index (χ1n) is 9.61. The number of ether oxygens (including phenoxy) is 3. The van der Waals surface area contributed by atoms with Gasteiger partial charge in [-0.3, -0.25) is 4.79 Å². The molecule has 0 heterocycles. The Kier molecular flexibility index (Phi) is 7.88. The van der Waals surface area contributed by atoms with Gasteiger partial charge in [0.25, 0.3) is 5.91 Å². The molecule has 0 fully saturated rings. The molecule has 0 saturated carbocycles. The van der Waals surface area contributed by atoms with E-state index in [4.69, 9.17) is 14.2 Å². The summed E-state index contributed by atoms with van der Waals surface area (Å²) in [6.07, 6.45) is 0. The fourth-order valence-electron chi connectivity index (χ4n) is 3.03. The monoisotopic (exact) mass is 385 g/mol. The van der Waals surface area contributed by atoms with Crippen LogP contribution in [0.2, 0.25) is 0 Å². The summed E-state index contributed by atoms with van der Waals surface area (Å²) in [4.78, 5) is 12.5. The minimum atomic E-state index is -0.142. The highest BCUT2D eigenvalue weighted by atomic mass is 16.5.